The van der Waals surface area contributed by atoms with Crippen LogP contribution in [0.2, 0.25) is 5.15 Å². The van der Waals surface area contributed by atoms with E-state index in [9.17, 15) is 10.1 Å². The van der Waals surface area contributed by atoms with E-state index in [1.165, 1.54) is 12.1 Å². The molecule has 0 spiro atoms. The summed E-state index contributed by atoms with van der Waals surface area (Å²) in [6.45, 7) is 2.72. The van der Waals surface area contributed by atoms with E-state index < -0.39 is 4.92 Å². The molecular weight excluding hydrogens is 290 g/mol. The molecule has 0 saturated carbocycles. The number of benzene rings is 1. The summed E-state index contributed by atoms with van der Waals surface area (Å²) in [4.78, 5) is 16.8. The van der Waals surface area contributed by atoms with Crippen LogP contribution in [-0.2, 0) is 0 Å². The van der Waals surface area contributed by atoms with E-state index in [0.717, 1.165) is 18.5 Å². The maximum absolute atomic E-state index is 11.2. The van der Waals surface area contributed by atoms with Crippen LogP contribution >= 0.6 is 11.6 Å². The van der Waals surface area contributed by atoms with E-state index in [1.54, 1.807) is 0 Å². The van der Waals surface area contributed by atoms with Crippen LogP contribution in [-0.4, -0.2) is 16.5 Å². The molecule has 2 rings (SSSR count). The van der Waals surface area contributed by atoms with Gasteiger partial charge in [0, 0.05) is 18.3 Å². The first kappa shape index (κ1) is 15.3. The van der Waals surface area contributed by atoms with E-state index in [-0.39, 0.29) is 16.7 Å². The van der Waals surface area contributed by atoms with E-state index >= 15 is 0 Å². The van der Waals surface area contributed by atoms with Crippen LogP contribution in [0.5, 0.6) is 0 Å². The highest BCUT2D eigenvalue weighted by Gasteiger charge is 2.22. The van der Waals surface area contributed by atoms with Gasteiger partial charge in [-0.05, 0) is 24.6 Å². The molecule has 21 heavy (non-hydrogen) atoms. The Morgan fingerprint density at radius 3 is 2.57 bits per heavy atom. The van der Waals surface area contributed by atoms with Gasteiger partial charge in [0.05, 0.1) is 4.92 Å². The Kier molecular flexibility index (Phi) is 5.11. The summed E-state index contributed by atoms with van der Waals surface area (Å²) in [5.74, 6) is 0.284. The number of aromatic nitrogens is 1. The molecule has 0 aliphatic rings. The molecule has 110 valence electrons. The van der Waals surface area contributed by atoms with Crippen LogP contribution in [0.3, 0.4) is 0 Å². The van der Waals surface area contributed by atoms with Crippen LogP contribution in [0, 0.1) is 10.1 Å². The van der Waals surface area contributed by atoms with E-state index in [1.807, 2.05) is 35.2 Å². The lowest BCUT2D eigenvalue weighted by molar-refractivity contribution is -0.384. The molecule has 0 aliphatic carbocycles. The topological polar surface area (TPSA) is 59.3 Å². The number of hydrogen-bond acceptors (Lipinski definition) is 4. The molecule has 1 aromatic heterocycles. The van der Waals surface area contributed by atoms with Gasteiger partial charge in [0.15, 0.2) is 0 Å². The summed E-state index contributed by atoms with van der Waals surface area (Å²) in [5, 5.41) is 11.5. The van der Waals surface area contributed by atoms with Gasteiger partial charge >= 0.3 is 5.69 Å². The largest absolute Gasteiger partial charge is 0.321 e. The van der Waals surface area contributed by atoms with Crippen LogP contribution in [0.4, 0.5) is 17.2 Å². The molecule has 1 aromatic carbocycles. The van der Waals surface area contributed by atoms with Gasteiger partial charge in [-0.3, -0.25) is 10.1 Å². The third kappa shape index (κ3) is 3.70. The molecule has 0 unspecified atom stereocenters. The maximum Gasteiger partial charge on any atom is 0.312 e. The number of nitrogens with zero attached hydrogens (tertiary/aromatic N) is 3. The molecule has 1 heterocycles. The molecular formula is C15H16ClN3O2. The predicted molar refractivity (Wildman–Crippen MR) is 84.3 cm³/mol. The van der Waals surface area contributed by atoms with Crippen molar-refractivity contribution < 1.29 is 4.92 Å². The van der Waals surface area contributed by atoms with Gasteiger partial charge in [0.2, 0.25) is 5.82 Å². The van der Waals surface area contributed by atoms with Gasteiger partial charge in [0.1, 0.15) is 5.15 Å². The van der Waals surface area contributed by atoms with Crippen molar-refractivity contribution in [2.75, 3.05) is 11.4 Å². The lowest BCUT2D eigenvalue weighted by Gasteiger charge is -2.23. The lowest BCUT2D eigenvalue weighted by Crippen LogP contribution is -2.20. The van der Waals surface area contributed by atoms with Crippen LogP contribution in [0.15, 0.2) is 42.5 Å². The number of rotatable bonds is 6. The third-order valence-corrected chi connectivity index (χ3v) is 3.29. The van der Waals surface area contributed by atoms with Crippen molar-refractivity contribution in [2.45, 2.75) is 19.8 Å². The molecule has 0 bridgehead atoms. The SMILES string of the molecule is CCCCN(c1ccccc1)c1nc(Cl)ccc1[N+](=O)[O-]. The van der Waals surface area contributed by atoms with Gasteiger partial charge in [-0.25, -0.2) is 4.98 Å². The minimum Gasteiger partial charge on any atom is -0.321 e. The van der Waals surface area contributed by atoms with Gasteiger partial charge in [-0.15, -0.1) is 0 Å². The Labute approximate surface area is 128 Å². The predicted octanol–water partition coefficient (Wildman–Crippen LogP) is 4.58. The summed E-state index contributed by atoms with van der Waals surface area (Å²) in [7, 11) is 0. The minimum absolute atomic E-state index is 0.0423. The summed E-state index contributed by atoms with van der Waals surface area (Å²) < 4.78 is 0. The average Bonchev–Trinajstić information content (AvgIpc) is 2.48. The zero-order valence-corrected chi connectivity index (χ0v) is 12.5. The Morgan fingerprint density at radius 1 is 1.24 bits per heavy atom. The van der Waals surface area contributed by atoms with Crippen LogP contribution in [0.25, 0.3) is 0 Å². The smallest absolute Gasteiger partial charge is 0.312 e. The number of unbranched alkanes of at least 4 members (excludes halogenated alkanes) is 1. The number of nitro groups is 1. The fraction of sp³-hybridized carbons (Fsp3) is 0.267. The summed E-state index contributed by atoms with van der Waals surface area (Å²) in [5.41, 5.74) is 0.822. The number of anilines is 2. The molecule has 6 heteroatoms. The quantitative estimate of drug-likeness (QED) is 0.445. The van der Waals surface area contributed by atoms with Gasteiger partial charge in [-0.1, -0.05) is 43.1 Å². The minimum atomic E-state index is -0.430. The van der Waals surface area contributed by atoms with Gasteiger partial charge < -0.3 is 4.90 Å². The zero-order chi connectivity index (χ0) is 15.2. The molecule has 0 fully saturated rings. The molecule has 2 aromatic rings. The zero-order valence-electron chi connectivity index (χ0n) is 11.7. The number of para-hydroxylation sites is 1. The Bertz CT molecular complexity index is 620. The second kappa shape index (κ2) is 7.04. The first-order valence-electron chi connectivity index (χ1n) is 6.77. The standard InChI is InChI=1S/C15H16ClN3O2/c1-2-3-11-18(12-7-5-4-6-8-12)15-13(19(20)21)9-10-14(16)17-15/h4-10H,2-3,11H2,1H3. The highest BCUT2D eigenvalue weighted by atomic mass is 35.5. The van der Waals surface area contributed by atoms with Crippen LogP contribution in [0.1, 0.15) is 19.8 Å². The Hall–Kier alpha value is -2.14. The van der Waals surface area contributed by atoms with Crippen molar-refractivity contribution in [2.24, 2.45) is 0 Å². The van der Waals surface area contributed by atoms with Crippen molar-refractivity contribution in [3.63, 3.8) is 0 Å². The van der Waals surface area contributed by atoms with Gasteiger partial charge in [0.25, 0.3) is 0 Å². The number of halogens is 1. The third-order valence-electron chi connectivity index (χ3n) is 3.08. The van der Waals surface area contributed by atoms with Crippen molar-refractivity contribution in [3.8, 4) is 0 Å². The maximum atomic E-state index is 11.2. The van der Waals surface area contributed by atoms with E-state index in [0.29, 0.717) is 6.54 Å². The molecule has 5 nitrogen and oxygen atoms in total. The lowest BCUT2D eigenvalue weighted by atomic mass is 10.2. The average molecular weight is 306 g/mol. The normalized spacial score (nSPS) is 10.4. The monoisotopic (exact) mass is 305 g/mol. The summed E-state index contributed by atoms with van der Waals surface area (Å²) in [6, 6.07) is 12.3. The second-order valence-electron chi connectivity index (χ2n) is 4.57. The Balaban J connectivity index is 2.50. The van der Waals surface area contributed by atoms with Crippen molar-refractivity contribution in [3.05, 3.63) is 57.7 Å². The Morgan fingerprint density at radius 2 is 1.95 bits per heavy atom. The molecule has 0 amide bonds. The van der Waals surface area contributed by atoms with E-state index in [2.05, 4.69) is 11.9 Å². The second-order valence-corrected chi connectivity index (χ2v) is 4.96. The molecule has 0 radical (unpaired) electrons. The first-order valence-corrected chi connectivity index (χ1v) is 7.14. The van der Waals surface area contributed by atoms with E-state index in [4.69, 9.17) is 11.6 Å². The molecule has 0 atom stereocenters. The summed E-state index contributed by atoms with van der Waals surface area (Å²) in [6.07, 6.45) is 1.89. The fourth-order valence-electron chi connectivity index (χ4n) is 2.04. The summed E-state index contributed by atoms with van der Waals surface area (Å²) >= 11 is 5.93. The highest BCUT2D eigenvalue weighted by molar-refractivity contribution is 6.29. The molecule has 0 N–H and O–H groups in total. The fourth-order valence-corrected chi connectivity index (χ4v) is 2.18. The highest BCUT2D eigenvalue weighted by Crippen LogP contribution is 2.33. The first-order chi connectivity index (χ1) is 10.1. The van der Waals surface area contributed by atoms with Crippen molar-refractivity contribution >= 4 is 28.8 Å². The van der Waals surface area contributed by atoms with Crippen molar-refractivity contribution in [1.29, 1.82) is 0 Å². The molecule has 0 saturated heterocycles. The van der Waals surface area contributed by atoms with Gasteiger partial charge in [-0.2, -0.15) is 0 Å². The molecule has 0 aliphatic heterocycles. The number of hydrogen-bond donors (Lipinski definition) is 0. The van der Waals surface area contributed by atoms with Crippen LogP contribution < -0.4 is 4.90 Å². The number of pyridine rings is 1. The van der Waals surface area contributed by atoms with Crippen molar-refractivity contribution in [1.82, 2.24) is 4.98 Å².